The first-order valence-electron chi connectivity index (χ1n) is 6.80. The monoisotopic (exact) mass is 296 g/mol. The second-order valence-corrected chi connectivity index (χ2v) is 6.45. The van der Waals surface area contributed by atoms with Crippen molar-refractivity contribution in [3.63, 3.8) is 0 Å². The van der Waals surface area contributed by atoms with Crippen molar-refractivity contribution in [3.05, 3.63) is 22.4 Å². The molecule has 1 heterocycles. The Balaban J connectivity index is 1.92. The zero-order valence-electron chi connectivity index (χ0n) is 11.6. The number of rotatable bonds is 5. The van der Waals surface area contributed by atoms with Crippen LogP contribution in [0.3, 0.4) is 0 Å². The molecule has 20 heavy (non-hydrogen) atoms. The van der Waals surface area contributed by atoms with Crippen molar-refractivity contribution in [2.75, 3.05) is 0 Å². The third-order valence-corrected chi connectivity index (χ3v) is 4.31. The number of amides is 2. The van der Waals surface area contributed by atoms with E-state index in [0.29, 0.717) is 17.7 Å². The van der Waals surface area contributed by atoms with Crippen LogP contribution in [0.25, 0.3) is 0 Å². The summed E-state index contributed by atoms with van der Waals surface area (Å²) in [4.78, 5) is 24.8. The molecule has 2 rings (SSSR count). The lowest BCUT2D eigenvalue weighted by Crippen LogP contribution is -2.55. The van der Waals surface area contributed by atoms with Gasteiger partial charge in [-0.1, -0.05) is 19.9 Å². The van der Waals surface area contributed by atoms with Gasteiger partial charge in [-0.05, 0) is 30.2 Å². The molecule has 1 atom stereocenters. The average Bonchev–Trinajstić information content (AvgIpc) is 2.86. The first-order chi connectivity index (χ1) is 9.47. The van der Waals surface area contributed by atoms with Crippen LogP contribution in [0.1, 0.15) is 36.4 Å². The summed E-state index contributed by atoms with van der Waals surface area (Å²) in [7, 11) is 0. The van der Waals surface area contributed by atoms with Crippen LogP contribution in [0.4, 0.5) is 0 Å². The third kappa shape index (κ3) is 3.58. The summed E-state index contributed by atoms with van der Waals surface area (Å²) in [6.45, 7) is 3.79. The van der Waals surface area contributed by atoms with Gasteiger partial charge in [-0.25, -0.2) is 0 Å². The molecule has 3 N–H and O–H groups in total. The van der Waals surface area contributed by atoms with E-state index in [-0.39, 0.29) is 29.9 Å². The molecular weight excluding hydrogens is 276 g/mol. The smallest absolute Gasteiger partial charge is 0.262 e. The van der Waals surface area contributed by atoms with Gasteiger partial charge in [0.25, 0.3) is 5.91 Å². The Kier molecular flexibility index (Phi) is 4.77. The molecule has 0 saturated heterocycles. The maximum absolute atomic E-state index is 12.2. The van der Waals surface area contributed by atoms with Gasteiger partial charge >= 0.3 is 0 Å². The van der Waals surface area contributed by atoms with Gasteiger partial charge < -0.3 is 15.7 Å². The van der Waals surface area contributed by atoms with Gasteiger partial charge in [0, 0.05) is 6.04 Å². The zero-order valence-corrected chi connectivity index (χ0v) is 12.4. The normalized spacial score (nSPS) is 23.0. The van der Waals surface area contributed by atoms with E-state index in [1.54, 1.807) is 12.1 Å². The van der Waals surface area contributed by atoms with E-state index in [4.69, 9.17) is 0 Å². The summed E-state index contributed by atoms with van der Waals surface area (Å²) in [5.74, 6) is -0.395. The van der Waals surface area contributed by atoms with Crippen LogP contribution in [-0.4, -0.2) is 35.1 Å². The van der Waals surface area contributed by atoms with E-state index in [2.05, 4.69) is 10.6 Å². The highest BCUT2D eigenvalue weighted by Crippen LogP contribution is 2.20. The summed E-state index contributed by atoms with van der Waals surface area (Å²) in [6.07, 6.45) is 0.878. The zero-order chi connectivity index (χ0) is 14.7. The van der Waals surface area contributed by atoms with Gasteiger partial charge in [-0.2, -0.15) is 0 Å². The summed E-state index contributed by atoms with van der Waals surface area (Å²) >= 11 is 1.35. The highest BCUT2D eigenvalue weighted by Gasteiger charge is 2.32. The van der Waals surface area contributed by atoms with Crippen LogP contribution in [0.15, 0.2) is 17.5 Å². The van der Waals surface area contributed by atoms with Crippen molar-refractivity contribution in [2.24, 2.45) is 5.92 Å². The molecular formula is C14H20N2O3S. The minimum absolute atomic E-state index is 0.00362. The second-order valence-electron chi connectivity index (χ2n) is 5.50. The fraction of sp³-hybridized carbons (Fsp3) is 0.571. The van der Waals surface area contributed by atoms with Gasteiger partial charge in [-0.15, -0.1) is 11.3 Å². The van der Waals surface area contributed by atoms with Crippen molar-refractivity contribution in [1.82, 2.24) is 10.6 Å². The molecule has 1 saturated carbocycles. The van der Waals surface area contributed by atoms with Gasteiger partial charge in [0.05, 0.1) is 11.0 Å². The summed E-state index contributed by atoms with van der Waals surface area (Å²) < 4.78 is 0. The molecule has 1 unspecified atom stereocenters. The van der Waals surface area contributed by atoms with E-state index in [9.17, 15) is 14.7 Å². The molecule has 0 radical (unpaired) electrons. The fourth-order valence-corrected chi connectivity index (χ4v) is 2.78. The Morgan fingerprint density at radius 3 is 2.60 bits per heavy atom. The Morgan fingerprint density at radius 2 is 2.10 bits per heavy atom. The predicted molar refractivity (Wildman–Crippen MR) is 77.6 cm³/mol. The van der Waals surface area contributed by atoms with Crippen LogP contribution in [0.2, 0.25) is 0 Å². The van der Waals surface area contributed by atoms with Crippen molar-refractivity contribution < 1.29 is 14.7 Å². The molecule has 0 spiro atoms. The largest absolute Gasteiger partial charge is 0.393 e. The predicted octanol–water partition coefficient (Wildman–Crippen LogP) is 1.14. The molecule has 110 valence electrons. The van der Waals surface area contributed by atoms with Gasteiger partial charge in [0.1, 0.15) is 6.04 Å². The minimum atomic E-state index is -0.553. The summed E-state index contributed by atoms with van der Waals surface area (Å²) in [6, 6.07) is 3.01. The molecule has 1 aromatic heterocycles. The van der Waals surface area contributed by atoms with E-state index in [1.807, 2.05) is 19.2 Å². The Morgan fingerprint density at radius 1 is 1.40 bits per heavy atom. The maximum Gasteiger partial charge on any atom is 0.262 e. The lowest BCUT2D eigenvalue weighted by Gasteiger charge is -2.33. The highest BCUT2D eigenvalue weighted by atomic mass is 32.1. The Hall–Kier alpha value is -1.40. The van der Waals surface area contributed by atoms with Gasteiger partial charge in [0.15, 0.2) is 0 Å². The first-order valence-corrected chi connectivity index (χ1v) is 7.68. The van der Waals surface area contributed by atoms with Crippen molar-refractivity contribution >= 4 is 23.2 Å². The van der Waals surface area contributed by atoms with Crippen LogP contribution < -0.4 is 10.6 Å². The fourth-order valence-electron chi connectivity index (χ4n) is 2.15. The molecule has 6 heteroatoms. The molecule has 1 fully saturated rings. The number of carbonyl (C=O) groups is 2. The van der Waals surface area contributed by atoms with Gasteiger partial charge in [0.2, 0.25) is 5.91 Å². The molecule has 0 aromatic carbocycles. The lowest BCUT2D eigenvalue weighted by atomic mass is 9.89. The number of hydrogen-bond donors (Lipinski definition) is 3. The van der Waals surface area contributed by atoms with E-state index in [0.717, 1.165) is 0 Å². The highest BCUT2D eigenvalue weighted by molar-refractivity contribution is 7.12. The third-order valence-electron chi connectivity index (χ3n) is 3.44. The number of aliphatic hydroxyl groups is 1. The molecule has 0 bridgehead atoms. The minimum Gasteiger partial charge on any atom is -0.393 e. The number of thiophene rings is 1. The van der Waals surface area contributed by atoms with Crippen molar-refractivity contribution in [1.29, 1.82) is 0 Å². The second kappa shape index (κ2) is 6.37. The standard InChI is InChI=1S/C14H20N2O3S/c1-8(2)12(14(19)15-9-6-10(17)7-9)16-13(18)11-4-3-5-20-11/h3-5,8-10,12,17H,6-7H2,1-2H3,(H,15,19)(H,16,18). The maximum atomic E-state index is 12.2. The summed E-state index contributed by atoms with van der Waals surface area (Å²) in [5.41, 5.74) is 0. The molecule has 1 aliphatic carbocycles. The summed E-state index contributed by atoms with van der Waals surface area (Å²) in [5, 5.41) is 16.7. The van der Waals surface area contributed by atoms with Crippen LogP contribution >= 0.6 is 11.3 Å². The Bertz CT molecular complexity index is 467. The first kappa shape index (κ1) is 15.0. The number of hydrogen-bond acceptors (Lipinski definition) is 4. The van der Waals surface area contributed by atoms with Crippen LogP contribution in [-0.2, 0) is 4.79 Å². The van der Waals surface area contributed by atoms with Gasteiger partial charge in [-0.3, -0.25) is 9.59 Å². The van der Waals surface area contributed by atoms with E-state index < -0.39 is 6.04 Å². The van der Waals surface area contributed by atoms with E-state index >= 15 is 0 Å². The Labute approximate surface area is 122 Å². The molecule has 1 aliphatic rings. The van der Waals surface area contributed by atoms with Crippen LogP contribution in [0, 0.1) is 5.92 Å². The van der Waals surface area contributed by atoms with Crippen molar-refractivity contribution in [3.8, 4) is 0 Å². The molecule has 2 amide bonds. The average molecular weight is 296 g/mol. The van der Waals surface area contributed by atoms with Crippen LogP contribution in [0.5, 0.6) is 0 Å². The molecule has 1 aromatic rings. The SMILES string of the molecule is CC(C)C(NC(=O)c1cccs1)C(=O)NC1CC(O)C1. The topological polar surface area (TPSA) is 78.4 Å². The molecule has 0 aliphatic heterocycles. The lowest BCUT2D eigenvalue weighted by molar-refractivity contribution is -0.126. The molecule has 5 nitrogen and oxygen atoms in total. The van der Waals surface area contributed by atoms with Crippen molar-refractivity contribution in [2.45, 2.75) is 44.9 Å². The number of carbonyl (C=O) groups excluding carboxylic acids is 2. The van der Waals surface area contributed by atoms with E-state index in [1.165, 1.54) is 11.3 Å². The quantitative estimate of drug-likeness (QED) is 0.762. The number of aliphatic hydroxyl groups excluding tert-OH is 1. The number of nitrogens with one attached hydrogen (secondary N) is 2.